The van der Waals surface area contributed by atoms with Crippen molar-refractivity contribution in [1.82, 2.24) is 15.5 Å². The monoisotopic (exact) mass is 456 g/mol. The summed E-state index contributed by atoms with van der Waals surface area (Å²) in [5.41, 5.74) is 1.39. The first kappa shape index (κ1) is 24.0. The van der Waals surface area contributed by atoms with E-state index in [1.807, 2.05) is 0 Å². The zero-order chi connectivity index (χ0) is 23.8. The van der Waals surface area contributed by atoms with Gasteiger partial charge in [-0.15, -0.1) is 0 Å². The van der Waals surface area contributed by atoms with Crippen LogP contribution in [0.3, 0.4) is 0 Å². The van der Waals surface area contributed by atoms with Gasteiger partial charge in [-0.1, -0.05) is 18.2 Å². The van der Waals surface area contributed by atoms with Crippen molar-refractivity contribution in [2.45, 2.75) is 38.3 Å². The number of nitrogens with one attached hydrogen (secondary N) is 3. The minimum absolute atomic E-state index is 0.108. The Morgan fingerprint density at radius 1 is 1.12 bits per heavy atom. The number of amides is 4. The number of likely N-dealkylation sites (tertiary alicyclic amines) is 1. The van der Waals surface area contributed by atoms with Crippen molar-refractivity contribution >= 4 is 23.5 Å². The number of urea groups is 1. The lowest BCUT2D eigenvalue weighted by molar-refractivity contribution is -0.128. The molecule has 0 aliphatic carbocycles. The van der Waals surface area contributed by atoms with Crippen molar-refractivity contribution in [3.63, 3.8) is 0 Å². The number of carbonyl (C=O) groups is 3. The quantitative estimate of drug-likeness (QED) is 0.597. The number of halogens is 1. The zero-order valence-electron chi connectivity index (χ0n) is 18.8. The Kier molecular flexibility index (Phi) is 8.23. The summed E-state index contributed by atoms with van der Waals surface area (Å²) < 4.78 is 18.3. The molecular formula is C24H29FN4O4. The Labute approximate surface area is 192 Å². The molecule has 0 saturated carbocycles. The molecule has 1 fully saturated rings. The maximum atomic E-state index is 13.2. The SMILES string of the molecule is COc1cccc(NC(=O)N2CCC(NC(=O)[C@H](Cc3ccc(F)cc3)NC(C)=O)CC2)c1. The molecule has 0 spiro atoms. The van der Waals surface area contributed by atoms with E-state index in [9.17, 15) is 18.8 Å². The normalized spacial score (nSPS) is 14.8. The van der Waals surface area contributed by atoms with Crippen LogP contribution < -0.4 is 20.7 Å². The van der Waals surface area contributed by atoms with E-state index < -0.39 is 6.04 Å². The van der Waals surface area contributed by atoms with Gasteiger partial charge in [-0.2, -0.15) is 0 Å². The summed E-state index contributed by atoms with van der Waals surface area (Å²) in [7, 11) is 1.57. The molecule has 9 heteroatoms. The number of hydrogen-bond donors (Lipinski definition) is 3. The van der Waals surface area contributed by atoms with Crippen LogP contribution in [-0.2, 0) is 16.0 Å². The molecule has 2 aromatic rings. The number of carbonyl (C=O) groups excluding carboxylic acids is 3. The molecule has 8 nitrogen and oxygen atoms in total. The average Bonchev–Trinajstić information content (AvgIpc) is 2.80. The number of methoxy groups -OCH3 is 1. The Balaban J connectivity index is 1.51. The van der Waals surface area contributed by atoms with E-state index >= 15 is 0 Å². The predicted octanol–water partition coefficient (Wildman–Crippen LogP) is 2.69. The number of ether oxygens (including phenoxy) is 1. The van der Waals surface area contributed by atoms with Crippen LogP contribution in [-0.4, -0.2) is 55.0 Å². The van der Waals surface area contributed by atoms with Gasteiger partial charge in [0.05, 0.1) is 7.11 Å². The highest BCUT2D eigenvalue weighted by Crippen LogP contribution is 2.18. The number of benzene rings is 2. The number of anilines is 1. The fourth-order valence-electron chi connectivity index (χ4n) is 3.74. The summed E-state index contributed by atoms with van der Waals surface area (Å²) in [6, 6.07) is 11.9. The molecule has 1 heterocycles. The molecule has 0 radical (unpaired) electrons. The second kappa shape index (κ2) is 11.3. The Hall–Kier alpha value is -3.62. The molecule has 0 aromatic heterocycles. The van der Waals surface area contributed by atoms with Crippen LogP contribution in [0.2, 0.25) is 0 Å². The largest absolute Gasteiger partial charge is 0.497 e. The number of piperidine rings is 1. The first-order chi connectivity index (χ1) is 15.8. The van der Waals surface area contributed by atoms with Gasteiger partial charge in [0.25, 0.3) is 0 Å². The van der Waals surface area contributed by atoms with Gasteiger partial charge < -0.3 is 25.6 Å². The van der Waals surface area contributed by atoms with E-state index in [0.717, 1.165) is 5.56 Å². The van der Waals surface area contributed by atoms with Gasteiger partial charge in [-0.05, 0) is 42.7 Å². The lowest BCUT2D eigenvalue weighted by Gasteiger charge is -2.33. The molecule has 1 saturated heterocycles. The maximum Gasteiger partial charge on any atom is 0.321 e. The predicted molar refractivity (Wildman–Crippen MR) is 122 cm³/mol. The maximum absolute atomic E-state index is 13.2. The van der Waals surface area contributed by atoms with Crippen LogP contribution in [0.25, 0.3) is 0 Å². The fraction of sp³-hybridized carbons (Fsp3) is 0.375. The lowest BCUT2D eigenvalue weighted by atomic mass is 10.0. The van der Waals surface area contributed by atoms with E-state index in [1.54, 1.807) is 48.4 Å². The first-order valence-electron chi connectivity index (χ1n) is 10.9. The standard InChI is InChI=1S/C24H29FN4O4/c1-16(30)26-22(14-17-6-8-18(25)9-7-17)23(31)27-19-10-12-29(13-11-19)24(32)28-20-4-3-5-21(15-20)33-2/h3-9,15,19,22H,10-14H2,1-2H3,(H,26,30)(H,27,31)(H,28,32)/t22-/m0/s1. The van der Waals surface area contributed by atoms with E-state index in [1.165, 1.54) is 19.1 Å². The van der Waals surface area contributed by atoms with Crippen molar-refractivity contribution in [2.24, 2.45) is 0 Å². The molecule has 1 aliphatic rings. The molecule has 2 aromatic carbocycles. The van der Waals surface area contributed by atoms with E-state index in [0.29, 0.717) is 37.4 Å². The van der Waals surface area contributed by atoms with Gasteiger partial charge in [0.2, 0.25) is 11.8 Å². The molecule has 1 aliphatic heterocycles. The second-order valence-corrected chi connectivity index (χ2v) is 8.02. The van der Waals surface area contributed by atoms with Crippen molar-refractivity contribution in [2.75, 3.05) is 25.5 Å². The zero-order valence-corrected chi connectivity index (χ0v) is 18.8. The van der Waals surface area contributed by atoms with Crippen LogP contribution in [0.4, 0.5) is 14.9 Å². The van der Waals surface area contributed by atoms with E-state index in [-0.39, 0.29) is 36.1 Å². The van der Waals surface area contributed by atoms with Crippen molar-refractivity contribution < 1.29 is 23.5 Å². The van der Waals surface area contributed by atoms with Crippen molar-refractivity contribution in [3.05, 3.63) is 59.9 Å². The Bertz CT molecular complexity index is 975. The van der Waals surface area contributed by atoms with Gasteiger partial charge >= 0.3 is 6.03 Å². The summed E-state index contributed by atoms with van der Waals surface area (Å²) in [4.78, 5) is 38.7. The molecule has 3 N–H and O–H groups in total. The summed E-state index contributed by atoms with van der Waals surface area (Å²) in [6.07, 6.45) is 1.45. The molecule has 176 valence electrons. The molecule has 4 amide bonds. The average molecular weight is 457 g/mol. The van der Waals surface area contributed by atoms with Crippen molar-refractivity contribution in [1.29, 1.82) is 0 Å². The van der Waals surface area contributed by atoms with E-state index in [4.69, 9.17) is 4.74 Å². The highest BCUT2D eigenvalue weighted by molar-refractivity contribution is 5.90. The highest BCUT2D eigenvalue weighted by Gasteiger charge is 2.27. The third-order valence-electron chi connectivity index (χ3n) is 5.50. The van der Waals surface area contributed by atoms with Gasteiger partial charge in [0.1, 0.15) is 17.6 Å². The Morgan fingerprint density at radius 3 is 2.45 bits per heavy atom. The van der Waals surface area contributed by atoms with Gasteiger partial charge in [-0.25, -0.2) is 9.18 Å². The fourth-order valence-corrected chi connectivity index (χ4v) is 3.74. The summed E-state index contributed by atoms with van der Waals surface area (Å²) in [5, 5.41) is 8.50. The minimum Gasteiger partial charge on any atom is -0.497 e. The lowest BCUT2D eigenvalue weighted by Crippen LogP contribution is -2.53. The summed E-state index contributed by atoms with van der Waals surface area (Å²) >= 11 is 0. The van der Waals surface area contributed by atoms with Crippen LogP contribution in [0, 0.1) is 5.82 Å². The van der Waals surface area contributed by atoms with Gasteiger partial charge in [0.15, 0.2) is 0 Å². The van der Waals surface area contributed by atoms with Crippen molar-refractivity contribution in [3.8, 4) is 5.75 Å². The first-order valence-corrected chi connectivity index (χ1v) is 10.9. The second-order valence-electron chi connectivity index (χ2n) is 8.02. The number of hydrogen-bond acceptors (Lipinski definition) is 4. The number of rotatable bonds is 7. The molecular weight excluding hydrogens is 427 g/mol. The highest BCUT2D eigenvalue weighted by atomic mass is 19.1. The van der Waals surface area contributed by atoms with Gasteiger partial charge in [-0.3, -0.25) is 9.59 Å². The summed E-state index contributed by atoms with van der Waals surface area (Å²) in [6.45, 7) is 2.33. The topological polar surface area (TPSA) is 99.8 Å². The Morgan fingerprint density at radius 2 is 1.82 bits per heavy atom. The number of nitrogens with zero attached hydrogens (tertiary/aromatic N) is 1. The molecule has 33 heavy (non-hydrogen) atoms. The molecule has 1 atom stereocenters. The van der Waals surface area contributed by atoms with Crippen LogP contribution in [0.5, 0.6) is 5.75 Å². The molecule has 0 bridgehead atoms. The third-order valence-corrected chi connectivity index (χ3v) is 5.50. The smallest absolute Gasteiger partial charge is 0.321 e. The van der Waals surface area contributed by atoms with Crippen LogP contribution in [0.15, 0.2) is 48.5 Å². The third kappa shape index (κ3) is 7.20. The molecule has 3 rings (SSSR count). The van der Waals surface area contributed by atoms with Gasteiger partial charge in [0, 0.05) is 44.2 Å². The minimum atomic E-state index is -0.762. The van der Waals surface area contributed by atoms with E-state index in [2.05, 4.69) is 16.0 Å². The van der Waals surface area contributed by atoms with Crippen LogP contribution in [0.1, 0.15) is 25.3 Å². The summed E-state index contributed by atoms with van der Waals surface area (Å²) in [5.74, 6) is -0.319. The molecule has 0 unspecified atom stereocenters. The van der Waals surface area contributed by atoms with Crippen LogP contribution >= 0.6 is 0 Å².